The zero-order chi connectivity index (χ0) is 28.3. The molecule has 1 saturated heterocycles. The van der Waals surface area contributed by atoms with Crippen LogP contribution in [-0.4, -0.2) is 100 Å². The topological polar surface area (TPSA) is 166 Å². The maximum absolute atomic E-state index is 14.7. The van der Waals surface area contributed by atoms with E-state index in [1.165, 1.54) is 26.3 Å². The van der Waals surface area contributed by atoms with E-state index in [4.69, 9.17) is 5.26 Å². The van der Waals surface area contributed by atoms with E-state index in [1.807, 2.05) is 19.9 Å². The van der Waals surface area contributed by atoms with Crippen LogP contribution >= 0.6 is 0 Å². The lowest BCUT2D eigenvalue weighted by Gasteiger charge is -2.33. The van der Waals surface area contributed by atoms with Gasteiger partial charge in [-0.2, -0.15) is 19.3 Å². The van der Waals surface area contributed by atoms with E-state index in [1.54, 1.807) is 18.3 Å². The van der Waals surface area contributed by atoms with Gasteiger partial charge in [0.2, 0.25) is 10.0 Å². The van der Waals surface area contributed by atoms with Crippen molar-refractivity contribution >= 4 is 38.6 Å². The molecule has 0 aromatic carbocycles. The highest BCUT2D eigenvalue weighted by atomic mass is 32.2. The summed E-state index contributed by atoms with van der Waals surface area (Å²) in [5.74, 6) is -1.07. The molecular formula is C24H28FN9O4S. The van der Waals surface area contributed by atoms with Crippen molar-refractivity contribution in [2.24, 2.45) is 0 Å². The van der Waals surface area contributed by atoms with Crippen LogP contribution in [0.5, 0.6) is 0 Å². The molecule has 4 rings (SSSR count). The lowest BCUT2D eigenvalue weighted by Crippen LogP contribution is -2.53. The summed E-state index contributed by atoms with van der Waals surface area (Å²) in [5.41, 5.74) is 1.43. The maximum Gasteiger partial charge on any atom is 0.259 e. The van der Waals surface area contributed by atoms with Crippen LogP contribution in [0.25, 0.3) is 16.9 Å². The molecule has 0 saturated carbocycles. The Morgan fingerprint density at radius 2 is 1.85 bits per heavy atom. The van der Waals surface area contributed by atoms with Gasteiger partial charge in [-0.05, 0) is 19.9 Å². The third kappa shape index (κ3) is 6.29. The Bertz CT molecular complexity index is 1540. The van der Waals surface area contributed by atoms with Crippen LogP contribution in [-0.2, 0) is 14.8 Å². The van der Waals surface area contributed by atoms with Gasteiger partial charge in [-0.25, -0.2) is 22.8 Å². The van der Waals surface area contributed by atoms with Gasteiger partial charge in [0.1, 0.15) is 6.07 Å². The Labute approximate surface area is 224 Å². The molecule has 1 unspecified atom stereocenters. The fraction of sp³-hybridized carbons (Fsp3) is 0.417. The van der Waals surface area contributed by atoms with Crippen molar-refractivity contribution in [1.82, 2.24) is 34.3 Å². The average Bonchev–Trinajstić information content (AvgIpc) is 3.33. The third-order valence-corrected chi connectivity index (χ3v) is 7.36. The van der Waals surface area contributed by atoms with Crippen LogP contribution in [0.1, 0.15) is 29.8 Å². The Morgan fingerprint density at radius 3 is 2.49 bits per heavy atom. The SMILES string of the molecule is CC(C)Nc1cc(-n2ncc3cc(C#N)cnc32)ncc1C(=O)NCC(F)C(=O)N1CCN(S(C)(=O)=O)CC1. The number of carbonyl (C=O) groups excluding carboxylic acids is 2. The number of hydrogen-bond acceptors (Lipinski definition) is 9. The first-order chi connectivity index (χ1) is 18.5. The van der Waals surface area contributed by atoms with Crippen molar-refractivity contribution in [2.75, 3.05) is 44.3 Å². The average molecular weight is 558 g/mol. The number of alkyl halides is 1. The monoisotopic (exact) mass is 557 g/mol. The fourth-order valence-corrected chi connectivity index (χ4v) is 4.95. The molecule has 1 fully saturated rings. The summed E-state index contributed by atoms with van der Waals surface area (Å²) in [6.45, 7) is 3.54. The van der Waals surface area contributed by atoms with Gasteiger partial charge in [0.05, 0.1) is 35.8 Å². The van der Waals surface area contributed by atoms with Gasteiger partial charge < -0.3 is 15.5 Å². The summed E-state index contributed by atoms with van der Waals surface area (Å²) >= 11 is 0. The van der Waals surface area contributed by atoms with E-state index in [-0.39, 0.29) is 37.8 Å². The minimum absolute atomic E-state index is 0.0569. The smallest absolute Gasteiger partial charge is 0.259 e. The molecule has 15 heteroatoms. The molecule has 1 atom stereocenters. The number of fused-ring (bicyclic) bond motifs is 1. The van der Waals surface area contributed by atoms with Crippen molar-refractivity contribution in [3.63, 3.8) is 0 Å². The van der Waals surface area contributed by atoms with Crippen molar-refractivity contribution in [1.29, 1.82) is 5.26 Å². The summed E-state index contributed by atoms with van der Waals surface area (Å²) in [6.07, 6.45) is 3.40. The highest BCUT2D eigenvalue weighted by Crippen LogP contribution is 2.22. The van der Waals surface area contributed by atoms with Gasteiger partial charge in [0.15, 0.2) is 17.6 Å². The second-order valence-electron chi connectivity index (χ2n) is 9.36. The molecule has 3 aromatic rings. The fourth-order valence-electron chi connectivity index (χ4n) is 4.12. The summed E-state index contributed by atoms with van der Waals surface area (Å²) in [5, 5.41) is 19.7. The largest absolute Gasteiger partial charge is 0.382 e. The molecule has 2 N–H and O–H groups in total. The van der Waals surface area contributed by atoms with Crippen LogP contribution in [0.2, 0.25) is 0 Å². The van der Waals surface area contributed by atoms with Crippen LogP contribution in [0.4, 0.5) is 10.1 Å². The number of pyridine rings is 2. The predicted molar refractivity (Wildman–Crippen MR) is 140 cm³/mol. The Morgan fingerprint density at radius 1 is 1.13 bits per heavy atom. The van der Waals surface area contributed by atoms with Gasteiger partial charge >= 0.3 is 0 Å². The van der Waals surface area contributed by atoms with Crippen molar-refractivity contribution in [3.8, 4) is 11.9 Å². The number of nitrogens with one attached hydrogen (secondary N) is 2. The highest BCUT2D eigenvalue weighted by molar-refractivity contribution is 7.88. The molecule has 206 valence electrons. The van der Waals surface area contributed by atoms with E-state index in [9.17, 15) is 22.4 Å². The highest BCUT2D eigenvalue weighted by Gasteiger charge is 2.30. The molecule has 13 nitrogen and oxygen atoms in total. The zero-order valence-electron chi connectivity index (χ0n) is 21.6. The first-order valence-corrected chi connectivity index (χ1v) is 14.0. The van der Waals surface area contributed by atoms with E-state index >= 15 is 0 Å². The zero-order valence-corrected chi connectivity index (χ0v) is 22.4. The van der Waals surface area contributed by atoms with E-state index < -0.39 is 34.6 Å². The number of rotatable bonds is 8. The number of piperazine rings is 1. The number of halogens is 1. The molecule has 3 aromatic heterocycles. The molecular weight excluding hydrogens is 529 g/mol. The Balaban J connectivity index is 1.46. The third-order valence-electron chi connectivity index (χ3n) is 6.06. The van der Waals surface area contributed by atoms with E-state index in [0.717, 1.165) is 6.26 Å². The molecule has 4 heterocycles. The number of amides is 2. The minimum Gasteiger partial charge on any atom is -0.382 e. The maximum atomic E-state index is 14.7. The van der Waals surface area contributed by atoms with Crippen molar-refractivity contribution in [3.05, 3.63) is 41.9 Å². The van der Waals surface area contributed by atoms with Crippen molar-refractivity contribution < 1.29 is 22.4 Å². The lowest BCUT2D eigenvalue weighted by molar-refractivity contribution is -0.137. The van der Waals surface area contributed by atoms with Gasteiger partial charge in [-0.1, -0.05) is 0 Å². The van der Waals surface area contributed by atoms with E-state index in [2.05, 4.69) is 25.7 Å². The van der Waals surface area contributed by atoms with Crippen LogP contribution in [0.15, 0.2) is 30.7 Å². The molecule has 39 heavy (non-hydrogen) atoms. The molecule has 0 radical (unpaired) electrons. The predicted octanol–water partition coefficient (Wildman–Crippen LogP) is 0.679. The number of carbonyl (C=O) groups is 2. The molecule has 1 aliphatic rings. The number of aromatic nitrogens is 4. The van der Waals surface area contributed by atoms with Crippen LogP contribution < -0.4 is 10.6 Å². The number of anilines is 1. The second kappa shape index (κ2) is 11.3. The van der Waals surface area contributed by atoms with Gasteiger partial charge in [-0.15, -0.1) is 0 Å². The number of nitrogens with zero attached hydrogens (tertiary/aromatic N) is 7. The minimum atomic E-state index is -3.38. The summed E-state index contributed by atoms with van der Waals surface area (Å²) in [4.78, 5) is 35.4. The van der Waals surface area contributed by atoms with Crippen molar-refractivity contribution in [2.45, 2.75) is 26.1 Å². The first kappa shape index (κ1) is 27.9. The number of nitriles is 1. The first-order valence-electron chi connectivity index (χ1n) is 12.1. The van der Waals surface area contributed by atoms with Gasteiger partial charge in [0, 0.05) is 56.1 Å². The second-order valence-corrected chi connectivity index (χ2v) is 11.3. The molecule has 0 aliphatic carbocycles. The number of sulfonamides is 1. The van der Waals surface area contributed by atoms with Gasteiger partial charge in [0.25, 0.3) is 11.8 Å². The number of hydrogen-bond donors (Lipinski definition) is 2. The normalized spacial score (nSPS) is 15.2. The van der Waals surface area contributed by atoms with E-state index in [0.29, 0.717) is 28.1 Å². The summed E-state index contributed by atoms with van der Waals surface area (Å²) < 4.78 is 40.7. The molecule has 1 aliphatic heterocycles. The van der Waals surface area contributed by atoms with Crippen LogP contribution in [0.3, 0.4) is 0 Å². The molecule has 0 bridgehead atoms. The Kier molecular flexibility index (Phi) is 8.07. The molecule has 2 amide bonds. The van der Waals surface area contributed by atoms with Crippen LogP contribution in [0, 0.1) is 11.3 Å². The quantitative estimate of drug-likeness (QED) is 0.405. The molecule has 0 spiro atoms. The Hall–Kier alpha value is -4.16. The lowest BCUT2D eigenvalue weighted by atomic mass is 10.2. The summed E-state index contributed by atoms with van der Waals surface area (Å²) in [7, 11) is -3.38. The standard InChI is InChI=1S/C24H28FN9O4S/c1-15(2)31-20-9-21(34-22-17(12-30-34)8-16(10-26)11-28-22)27-13-18(20)23(35)29-14-19(25)24(36)32-4-6-33(7-5-32)39(3,37)38/h8-9,11-13,15,19H,4-7,14H2,1-3H3,(H,27,31)(H,29,35). The summed E-state index contributed by atoms with van der Waals surface area (Å²) in [6, 6.07) is 5.24. The van der Waals surface area contributed by atoms with Gasteiger partial charge in [-0.3, -0.25) is 9.59 Å².